The molecule has 0 aromatic carbocycles. The van der Waals surface area contributed by atoms with E-state index in [0.717, 1.165) is 16.5 Å². The van der Waals surface area contributed by atoms with Crippen LogP contribution in [0.15, 0.2) is 28.2 Å². The number of furan rings is 1. The first-order chi connectivity index (χ1) is 8.65. The summed E-state index contributed by atoms with van der Waals surface area (Å²) < 4.78 is 5.26. The van der Waals surface area contributed by atoms with Crippen LogP contribution < -0.4 is 11.1 Å². The van der Waals surface area contributed by atoms with Gasteiger partial charge in [-0.25, -0.2) is 4.98 Å². The highest BCUT2D eigenvalue weighted by Gasteiger charge is 2.09. The van der Waals surface area contributed by atoms with Gasteiger partial charge >= 0.3 is 0 Å². The van der Waals surface area contributed by atoms with E-state index in [2.05, 4.69) is 10.3 Å². The van der Waals surface area contributed by atoms with Crippen LogP contribution in [0.2, 0.25) is 0 Å². The molecular formula is C12H15N3O2S. The first-order valence-electron chi connectivity index (χ1n) is 5.65. The number of nitrogens with zero attached hydrogens (tertiary/aromatic N) is 1. The molecule has 6 heteroatoms. The van der Waals surface area contributed by atoms with Gasteiger partial charge in [-0.1, -0.05) is 0 Å². The van der Waals surface area contributed by atoms with Gasteiger partial charge < -0.3 is 15.5 Å². The van der Waals surface area contributed by atoms with Crippen LogP contribution in [-0.4, -0.2) is 16.9 Å². The molecule has 0 saturated heterocycles. The first kappa shape index (κ1) is 12.8. The molecule has 0 spiro atoms. The van der Waals surface area contributed by atoms with Crippen LogP contribution in [0.5, 0.6) is 0 Å². The van der Waals surface area contributed by atoms with Crippen molar-refractivity contribution in [2.24, 2.45) is 5.73 Å². The first-order valence-corrected chi connectivity index (χ1v) is 6.53. The summed E-state index contributed by atoms with van der Waals surface area (Å²) in [4.78, 5) is 15.8. The number of carbonyl (C=O) groups excluding carboxylic acids is 1. The molecule has 0 aliphatic rings. The van der Waals surface area contributed by atoms with E-state index in [4.69, 9.17) is 10.2 Å². The SMILES string of the molecule is CC(N)CC(=O)NCc1csc(-c2ccco2)n1. The third kappa shape index (κ3) is 3.41. The molecule has 0 radical (unpaired) electrons. The number of hydrogen-bond donors (Lipinski definition) is 2. The van der Waals surface area contributed by atoms with Gasteiger partial charge in [0.05, 0.1) is 18.5 Å². The van der Waals surface area contributed by atoms with Crippen molar-refractivity contribution in [3.63, 3.8) is 0 Å². The van der Waals surface area contributed by atoms with Gasteiger partial charge in [-0.2, -0.15) is 0 Å². The molecule has 1 amide bonds. The Hall–Kier alpha value is -1.66. The van der Waals surface area contributed by atoms with Gasteiger partial charge in [-0.15, -0.1) is 11.3 Å². The summed E-state index contributed by atoms with van der Waals surface area (Å²) in [7, 11) is 0. The Morgan fingerprint density at radius 3 is 3.17 bits per heavy atom. The quantitative estimate of drug-likeness (QED) is 0.863. The third-order valence-electron chi connectivity index (χ3n) is 2.26. The molecule has 2 aromatic heterocycles. The zero-order valence-corrected chi connectivity index (χ0v) is 10.9. The van der Waals surface area contributed by atoms with E-state index in [9.17, 15) is 4.79 Å². The normalized spacial score (nSPS) is 12.3. The lowest BCUT2D eigenvalue weighted by Crippen LogP contribution is -2.29. The predicted molar refractivity (Wildman–Crippen MR) is 69.9 cm³/mol. The minimum absolute atomic E-state index is 0.0578. The maximum Gasteiger partial charge on any atom is 0.221 e. The molecule has 0 aliphatic carbocycles. The van der Waals surface area contributed by atoms with Gasteiger partial charge in [0.15, 0.2) is 10.8 Å². The van der Waals surface area contributed by atoms with Crippen LogP contribution in [0.25, 0.3) is 10.8 Å². The van der Waals surface area contributed by atoms with E-state index in [-0.39, 0.29) is 11.9 Å². The van der Waals surface area contributed by atoms with E-state index in [1.807, 2.05) is 17.5 Å². The van der Waals surface area contributed by atoms with Crippen molar-refractivity contribution < 1.29 is 9.21 Å². The number of nitrogens with one attached hydrogen (secondary N) is 1. The molecule has 0 fully saturated rings. The highest BCUT2D eigenvalue weighted by atomic mass is 32.1. The Morgan fingerprint density at radius 1 is 1.67 bits per heavy atom. The topological polar surface area (TPSA) is 81.2 Å². The van der Waals surface area contributed by atoms with Gasteiger partial charge in [0.25, 0.3) is 0 Å². The molecule has 1 atom stereocenters. The van der Waals surface area contributed by atoms with Gasteiger partial charge in [0.1, 0.15) is 0 Å². The molecule has 2 heterocycles. The lowest BCUT2D eigenvalue weighted by Gasteiger charge is -2.05. The van der Waals surface area contributed by atoms with E-state index < -0.39 is 0 Å². The van der Waals surface area contributed by atoms with E-state index >= 15 is 0 Å². The minimum Gasteiger partial charge on any atom is -0.462 e. The Kier molecular flexibility index (Phi) is 4.11. The average molecular weight is 265 g/mol. The van der Waals surface area contributed by atoms with Crippen LogP contribution in [0, 0.1) is 0 Å². The molecule has 0 bridgehead atoms. The van der Waals surface area contributed by atoms with Gasteiger partial charge in [-0.05, 0) is 19.1 Å². The fourth-order valence-corrected chi connectivity index (χ4v) is 2.24. The second-order valence-electron chi connectivity index (χ2n) is 4.08. The fraction of sp³-hybridized carbons (Fsp3) is 0.333. The van der Waals surface area contributed by atoms with Crippen molar-refractivity contribution in [2.75, 3.05) is 0 Å². The Morgan fingerprint density at radius 2 is 2.50 bits per heavy atom. The number of amides is 1. The largest absolute Gasteiger partial charge is 0.462 e. The maximum atomic E-state index is 11.4. The number of nitrogens with two attached hydrogens (primary N) is 1. The van der Waals surface area contributed by atoms with E-state index in [0.29, 0.717) is 13.0 Å². The molecule has 0 saturated carbocycles. The van der Waals surface area contributed by atoms with Gasteiger partial charge in [0.2, 0.25) is 5.91 Å². The van der Waals surface area contributed by atoms with Crippen molar-refractivity contribution in [3.05, 3.63) is 29.5 Å². The molecule has 2 aromatic rings. The van der Waals surface area contributed by atoms with Gasteiger partial charge in [-0.3, -0.25) is 4.79 Å². The molecule has 3 N–H and O–H groups in total. The molecule has 5 nitrogen and oxygen atoms in total. The third-order valence-corrected chi connectivity index (χ3v) is 3.16. The maximum absolute atomic E-state index is 11.4. The number of hydrogen-bond acceptors (Lipinski definition) is 5. The predicted octanol–water partition coefficient (Wildman–Crippen LogP) is 1.76. The summed E-state index contributed by atoms with van der Waals surface area (Å²) in [5, 5.41) is 5.51. The van der Waals surface area contributed by atoms with E-state index in [1.165, 1.54) is 11.3 Å². The summed E-state index contributed by atoms with van der Waals surface area (Å²) in [5.74, 6) is 0.686. The standard InChI is InChI=1S/C12H15N3O2S/c1-8(13)5-11(16)14-6-9-7-18-12(15-9)10-3-2-4-17-10/h2-4,7-8H,5-6,13H2,1H3,(H,14,16). The Labute approximate surface area is 109 Å². The number of carbonyl (C=O) groups is 1. The Bertz CT molecular complexity index is 505. The summed E-state index contributed by atoms with van der Waals surface area (Å²) in [6.07, 6.45) is 1.94. The van der Waals surface area contributed by atoms with Crippen LogP contribution in [-0.2, 0) is 11.3 Å². The average Bonchev–Trinajstić information content (AvgIpc) is 2.96. The van der Waals surface area contributed by atoms with Gasteiger partial charge in [0, 0.05) is 17.8 Å². The highest BCUT2D eigenvalue weighted by molar-refractivity contribution is 7.13. The van der Waals surface area contributed by atoms with Crippen LogP contribution in [0.3, 0.4) is 0 Å². The molecule has 96 valence electrons. The molecule has 0 aliphatic heterocycles. The zero-order valence-electron chi connectivity index (χ0n) is 10.1. The van der Waals surface area contributed by atoms with Crippen molar-refractivity contribution in [1.29, 1.82) is 0 Å². The molecule has 1 unspecified atom stereocenters. The Balaban J connectivity index is 1.89. The number of thiazole rings is 1. The molecular weight excluding hydrogens is 250 g/mol. The second kappa shape index (κ2) is 5.79. The monoisotopic (exact) mass is 265 g/mol. The van der Waals surface area contributed by atoms with Crippen molar-refractivity contribution in [1.82, 2.24) is 10.3 Å². The second-order valence-corrected chi connectivity index (χ2v) is 4.94. The van der Waals surface area contributed by atoms with Crippen LogP contribution in [0.1, 0.15) is 19.0 Å². The molecule has 2 rings (SSSR count). The van der Waals surface area contributed by atoms with Crippen molar-refractivity contribution >= 4 is 17.2 Å². The summed E-state index contributed by atoms with van der Waals surface area (Å²) in [6, 6.07) is 3.55. The van der Waals surface area contributed by atoms with Crippen LogP contribution >= 0.6 is 11.3 Å². The summed E-state index contributed by atoms with van der Waals surface area (Å²) >= 11 is 1.49. The van der Waals surface area contributed by atoms with E-state index in [1.54, 1.807) is 13.2 Å². The van der Waals surface area contributed by atoms with Crippen molar-refractivity contribution in [3.8, 4) is 10.8 Å². The number of rotatable bonds is 5. The van der Waals surface area contributed by atoms with Crippen LogP contribution in [0.4, 0.5) is 0 Å². The summed E-state index contributed by atoms with van der Waals surface area (Å²) in [5.41, 5.74) is 6.37. The molecule has 18 heavy (non-hydrogen) atoms. The zero-order chi connectivity index (χ0) is 13.0. The minimum atomic E-state index is -0.126. The summed E-state index contributed by atoms with van der Waals surface area (Å²) in [6.45, 7) is 2.22. The smallest absolute Gasteiger partial charge is 0.221 e. The lowest BCUT2D eigenvalue weighted by molar-refractivity contribution is -0.121. The highest BCUT2D eigenvalue weighted by Crippen LogP contribution is 2.23. The lowest BCUT2D eigenvalue weighted by atomic mass is 10.2. The fourth-order valence-electron chi connectivity index (χ4n) is 1.46. The number of aromatic nitrogens is 1. The van der Waals surface area contributed by atoms with Crippen molar-refractivity contribution in [2.45, 2.75) is 25.9 Å².